The van der Waals surface area contributed by atoms with Crippen molar-refractivity contribution >= 4 is 23.7 Å². The maximum atomic E-state index is 5.88. The molecule has 126 valence electrons. The van der Waals surface area contributed by atoms with Gasteiger partial charge < -0.3 is 23.2 Å². The van der Waals surface area contributed by atoms with Crippen molar-refractivity contribution in [2.45, 2.75) is 46.8 Å². The molecular weight excluding hydrogens is 295 g/mol. The maximum Gasteiger partial charge on any atom is 0.532 e. The van der Waals surface area contributed by atoms with E-state index >= 15 is 0 Å². The van der Waals surface area contributed by atoms with Crippen molar-refractivity contribution in [3.63, 3.8) is 0 Å². The van der Waals surface area contributed by atoms with Crippen LogP contribution in [0.25, 0.3) is 11.0 Å². The Hall–Kier alpha value is -1.50. The SMILES string of the molecule is CCOCOc1ccc2oc(B(OC(C)C)OC(C)C)cc2c1. The summed E-state index contributed by atoms with van der Waals surface area (Å²) in [6.07, 6.45) is 0.0779. The van der Waals surface area contributed by atoms with Crippen molar-refractivity contribution in [2.75, 3.05) is 13.4 Å². The Bertz CT molecular complexity index is 598. The third kappa shape index (κ3) is 5.27. The number of rotatable bonds is 9. The molecule has 1 aromatic carbocycles. The molecular formula is C17H25BO5. The molecule has 23 heavy (non-hydrogen) atoms. The van der Waals surface area contributed by atoms with E-state index in [2.05, 4.69) is 0 Å². The zero-order valence-corrected chi connectivity index (χ0v) is 14.5. The molecule has 0 fully saturated rings. The van der Waals surface area contributed by atoms with Gasteiger partial charge in [-0.2, -0.15) is 0 Å². The molecule has 0 atom stereocenters. The summed E-state index contributed by atoms with van der Waals surface area (Å²) in [5, 5.41) is 0.943. The Balaban J connectivity index is 2.19. The topological polar surface area (TPSA) is 50.1 Å². The van der Waals surface area contributed by atoms with Gasteiger partial charge in [-0.1, -0.05) is 0 Å². The summed E-state index contributed by atoms with van der Waals surface area (Å²) < 4.78 is 28.2. The van der Waals surface area contributed by atoms with Gasteiger partial charge in [0.15, 0.2) is 6.79 Å². The predicted octanol–water partition coefficient (Wildman–Crippen LogP) is 3.35. The molecule has 0 unspecified atom stereocenters. The van der Waals surface area contributed by atoms with Crippen molar-refractivity contribution in [3.8, 4) is 5.75 Å². The normalized spacial score (nSPS) is 11.6. The lowest BCUT2D eigenvalue weighted by molar-refractivity contribution is 0.0225. The van der Waals surface area contributed by atoms with E-state index in [1.165, 1.54) is 0 Å². The van der Waals surface area contributed by atoms with E-state index in [0.29, 0.717) is 12.3 Å². The van der Waals surface area contributed by atoms with Crippen LogP contribution in [0.4, 0.5) is 0 Å². The first-order chi connectivity index (χ1) is 11.0. The van der Waals surface area contributed by atoms with E-state index in [9.17, 15) is 0 Å². The average Bonchev–Trinajstić information content (AvgIpc) is 2.89. The second kappa shape index (κ2) is 8.38. The average molecular weight is 320 g/mol. The summed E-state index contributed by atoms with van der Waals surface area (Å²) in [6.45, 7) is 10.7. The molecule has 2 aromatic rings. The number of ether oxygens (including phenoxy) is 2. The van der Waals surface area contributed by atoms with Gasteiger partial charge >= 0.3 is 7.12 Å². The lowest BCUT2D eigenvalue weighted by Crippen LogP contribution is -2.40. The number of benzene rings is 1. The fraction of sp³-hybridized carbons (Fsp3) is 0.529. The van der Waals surface area contributed by atoms with Crippen LogP contribution in [0.3, 0.4) is 0 Å². The van der Waals surface area contributed by atoms with Crippen molar-refractivity contribution in [3.05, 3.63) is 24.3 Å². The van der Waals surface area contributed by atoms with E-state index < -0.39 is 7.12 Å². The van der Waals surface area contributed by atoms with Gasteiger partial charge in [-0.3, -0.25) is 0 Å². The Morgan fingerprint density at radius 2 is 1.74 bits per heavy atom. The third-order valence-electron chi connectivity index (χ3n) is 3.04. The highest BCUT2D eigenvalue weighted by Crippen LogP contribution is 2.21. The van der Waals surface area contributed by atoms with Crippen LogP contribution >= 0.6 is 0 Å². The van der Waals surface area contributed by atoms with Crippen LogP contribution in [0.5, 0.6) is 5.75 Å². The monoisotopic (exact) mass is 320 g/mol. The van der Waals surface area contributed by atoms with Gasteiger partial charge in [-0.05, 0) is 58.9 Å². The van der Waals surface area contributed by atoms with Gasteiger partial charge in [0.1, 0.15) is 17.0 Å². The van der Waals surface area contributed by atoms with E-state index in [1.807, 2.05) is 58.9 Å². The smallest absolute Gasteiger partial charge is 0.468 e. The summed E-state index contributed by atoms with van der Waals surface area (Å²) >= 11 is 0. The van der Waals surface area contributed by atoms with E-state index in [0.717, 1.165) is 16.7 Å². The maximum absolute atomic E-state index is 5.88. The number of hydrogen-bond donors (Lipinski definition) is 0. The van der Waals surface area contributed by atoms with Gasteiger partial charge in [-0.25, -0.2) is 0 Å². The van der Waals surface area contributed by atoms with Gasteiger partial charge in [0.05, 0.1) is 0 Å². The fourth-order valence-electron chi connectivity index (χ4n) is 2.10. The second-order valence-corrected chi connectivity index (χ2v) is 5.80. The van der Waals surface area contributed by atoms with Crippen LogP contribution < -0.4 is 10.4 Å². The Morgan fingerprint density at radius 3 is 2.35 bits per heavy atom. The Labute approximate surface area is 138 Å². The van der Waals surface area contributed by atoms with Crippen LogP contribution in [0.15, 0.2) is 28.7 Å². The first kappa shape index (κ1) is 17.9. The summed E-state index contributed by atoms with van der Waals surface area (Å²) in [5.74, 6) is 0.740. The molecule has 6 heteroatoms. The first-order valence-electron chi connectivity index (χ1n) is 8.04. The third-order valence-corrected chi connectivity index (χ3v) is 3.04. The molecule has 0 aliphatic carbocycles. The molecule has 1 aromatic heterocycles. The van der Waals surface area contributed by atoms with Crippen molar-refractivity contribution in [1.82, 2.24) is 0 Å². The molecule has 0 saturated carbocycles. The molecule has 0 N–H and O–H groups in total. The van der Waals surface area contributed by atoms with Crippen LogP contribution in [-0.4, -0.2) is 32.7 Å². The van der Waals surface area contributed by atoms with Gasteiger partial charge in [0.2, 0.25) is 0 Å². The zero-order valence-electron chi connectivity index (χ0n) is 14.5. The lowest BCUT2D eigenvalue weighted by Gasteiger charge is -2.17. The minimum Gasteiger partial charge on any atom is -0.468 e. The Morgan fingerprint density at radius 1 is 1.04 bits per heavy atom. The zero-order chi connectivity index (χ0) is 16.8. The molecule has 5 nitrogen and oxygen atoms in total. The number of fused-ring (bicyclic) bond motifs is 1. The summed E-state index contributed by atoms with van der Waals surface area (Å²) in [6, 6.07) is 7.58. The fourth-order valence-corrected chi connectivity index (χ4v) is 2.10. The van der Waals surface area contributed by atoms with Crippen LogP contribution in [0.1, 0.15) is 34.6 Å². The molecule has 0 radical (unpaired) electrons. The number of furan rings is 1. The lowest BCUT2D eigenvalue weighted by atomic mass is 9.84. The van der Waals surface area contributed by atoms with Crippen molar-refractivity contribution < 1.29 is 23.2 Å². The second-order valence-electron chi connectivity index (χ2n) is 5.80. The highest BCUT2D eigenvalue weighted by Gasteiger charge is 2.28. The highest BCUT2D eigenvalue weighted by atomic mass is 16.7. The van der Waals surface area contributed by atoms with Crippen LogP contribution in [0.2, 0.25) is 0 Å². The molecule has 0 amide bonds. The highest BCUT2D eigenvalue weighted by molar-refractivity contribution is 6.60. The van der Waals surface area contributed by atoms with Gasteiger partial charge in [0.25, 0.3) is 0 Å². The largest absolute Gasteiger partial charge is 0.532 e. The van der Waals surface area contributed by atoms with Crippen LogP contribution in [-0.2, 0) is 14.0 Å². The summed E-state index contributed by atoms with van der Waals surface area (Å²) in [4.78, 5) is 0. The van der Waals surface area contributed by atoms with E-state index in [1.54, 1.807) is 0 Å². The van der Waals surface area contributed by atoms with Gasteiger partial charge in [-0.15, -0.1) is 0 Å². The predicted molar refractivity (Wildman–Crippen MR) is 91.2 cm³/mol. The van der Waals surface area contributed by atoms with Gasteiger partial charge in [0, 0.05) is 24.2 Å². The molecule has 0 saturated heterocycles. The molecule has 0 aliphatic heterocycles. The molecule has 0 aliphatic rings. The molecule has 1 heterocycles. The molecule has 2 rings (SSSR count). The van der Waals surface area contributed by atoms with Crippen LogP contribution in [0, 0.1) is 0 Å². The quantitative estimate of drug-likeness (QED) is 0.403. The van der Waals surface area contributed by atoms with Crippen molar-refractivity contribution in [2.24, 2.45) is 0 Å². The minimum atomic E-state index is -0.518. The van der Waals surface area contributed by atoms with E-state index in [4.69, 9.17) is 23.2 Å². The molecule has 0 spiro atoms. The first-order valence-corrected chi connectivity index (χ1v) is 8.04. The standard InChI is InChI=1S/C17H25BO5/c1-6-19-11-20-15-7-8-16-14(9-15)10-17(21-16)18(22-12(2)3)23-13(4)5/h7-10,12-13H,6,11H2,1-5H3. The molecule has 0 bridgehead atoms. The summed E-state index contributed by atoms with van der Waals surface area (Å²) in [5.41, 5.74) is 1.43. The number of hydrogen-bond acceptors (Lipinski definition) is 5. The van der Waals surface area contributed by atoms with Crippen molar-refractivity contribution in [1.29, 1.82) is 0 Å². The minimum absolute atomic E-state index is 0.0389. The summed E-state index contributed by atoms with van der Waals surface area (Å²) in [7, 11) is -0.518. The Kier molecular flexibility index (Phi) is 6.51. The van der Waals surface area contributed by atoms with E-state index in [-0.39, 0.29) is 19.0 Å².